The third-order valence-corrected chi connectivity index (χ3v) is 5.86. The predicted octanol–water partition coefficient (Wildman–Crippen LogP) is 7.00. The average Bonchev–Trinajstić information content (AvgIpc) is 3.47. The second-order valence-corrected chi connectivity index (χ2v) is 8.14. The minimum absolute atomic E-state index is 0.604. The first-order chi connectivity index (χ1) is 14.8. The summed E-state index contributed by atoms with van der Waals surface area (Å²) in [6, 6.07) is 26.0. The van der Waals surface area contributed by atoms with Crippen molar-refractivity contribution in [2.24, 2.45) is 0 Å². The minimum atomic E-state index is 0.604. The van der Waals surface area contributed by atoms with Crippen LogP contribution in [-0.2, 0) is 0 Å². The number of nitrogens with zero attached hydrogens (tertiary/aromatic N) is 3. The van der Waals surface area contributed by atoms with Gasteiger partial charge in [0.2, 0.25) is 5.89 Å². The Morgan fingerprint density at radius 2 is 1.57 bits per heavy atom. The summed E-state index contributed by atoms with van der Waals surface area (Å²) in [6.07, 6.45) is 5.28. The topological polar surface area (TPSA) is 43.9 Å². The Bertz CT molecular complexity index is 1250. The van der Waals surface area contributed by atoms with Crippen molar-refractivity contribution >= 4 is 23.4 Å². The Kier molecular flexibility index (Phi) is 5.13. The van der Waals surface area contributed by atoms with Gasteiger partial charge < -0.3 is 4.42 Å². The number of rotatable bonds is 5. The van der Waals surface area contributed by atoms with Crippen molar-refractivity contribution in [1.29, 1.82) is 0 Å². The number of halogens is 1. The van der Waals surface area contributed by atoms with Gasteiger partial charge in [0, 0.05) is 27.2 Å². The Labute approximate surface area is 183 Å². The predicted molar refractivity (Wildman–Crippen MR) is 120 cm³/mol. The van der Waals surface area contributed by atoms with Gasteiger partial charge in [-0.05, 0) is 48.5 Å². The van der Waals surface area contributed by atoms with Gasteiger partial charge in [0.15, 0.2) is 0 Å². The van der Waals surface area contributed by atoms with E-state index in [1.807, 2.05) is 83.5 Å². The second-order valence-electron chi connectivity index (χ2n) is 6.59. The number of aromatic nitrogens is 3. The van der Waals surface area contributed by atoms with Crippen LogP contribution >= 0.6 is 23.4 Å². The quantitative estimate of drug-likeness (QED) is 0.301. The van der Waals surface area contributed by atoms with E-state index in [1.165, 1.54) is 0 Å². The van der Waals surface area contributed by atoms with E-state index >= 15 is 0 Å². The van der Waals surface area contributed by atoms with Crippen molar-refractivity contribution in [2.45, 2.75) is 9.79 Å². The molecule has 30 heavy (non-hydrogen) atoms. The highest BCUT2D eigenvalue weighted by molar-refractivity contribution is 7.99. The number of para-hydroxylation sites is 1. The van der Waals surface area contributed by atoms with E-state index in [-0.39, 0.29) is 0 Å². The van der Waals surface area contributed by atoms with Crippen LogP contribution in [0.15, 0.2) is 112 Å². The molecule has 0 aliphatic rings. The van der Waals surface area contributed by atoms with E-state index in [4.69, 9.17) is 21.1 Å². The Morgan fingerprint density at radius 3 is 2.27 bits per heavy atom. The van der Waals surface area contributed by atoms with Gasteiger partial charge in [-0.25, -0.2) is 9.67 Å². The zero-order chi connectivity index (χ0) is 20.3. The molecule has 0 saturated heterocycles. The number of benzene rings is 3. The highest BCUT2D eigenvalue weighted by Gasteiger charge is 2.14. The van der Waals surface area contributed by atoms with Gasteiger partial charge in [-0.2, -0.15) is 5.10 Å². The standard InChI is InChI=1S/C24H16ClN3OS/c25-19-10-12-21(13-11-19)30-22-16-28(20-4-2-1-3-5-20)27-23(22)17-6-8-18(9-7-17)24-26-14-15-29-24/h1-16H. The van der Waals surface area contributed by atoms with Gasteiger partial charge in [0.05, 0.1) is 16.8 Å². The van der Waals surface area contributed by atoms with Crippen LogP contribution in [0.3, 0.4) is 0 Å². The molecule has 146 valence electrons. The summed E-state index contributed by atoms with van der Waals surface area (Å²) in [5.74, 6) is 0.604. The zero-order valence-corrected chi connectivity index (χ0v) is 17.3. The summed E-state index contributed by atoms with van der Waals surface area (Å²) in [5.41, 5.74) is 3.88. The zero-order valence-electron chi connectivity index (χ0n) is 15.8. The van der Waals surface area contributed by atoms with Crippen LogP contribution < -0.4 is 0 Å². The van der Waals surface area contributed by atoms with Crippen LogP contribution in [0.5, 0.6) is 0 Å². The van der Waals surface area contributed by atoms with Gasteiger partial charge in [-0.3, -0.25) is 0 Å². The van der Waals surface area contributed by atoms with Crippen molar-refractivity contribution in [3.63, 3.8) is 0 Å². The molecule has 0 unspecified atom stereocenters. The molecule has 2 aromatic heterocycles. The smallest absolute Gasteiger partial charge is 0.225 e. The molecule has 0 spiro atoms. The normalized spacial score (nSPS) is 11.0. The summed E-state index contributed by atoms with van der Waals surface area (Å²) in [7, 11) is 0. The lowest BCUT2D eigenvalue weighted by molar-refractivity contribution is 0.574. The maximum atomic E-state index is 6.04. The molecule has 2 heterocycles. The van der Waals surface area contributed by atoms with Gasteiger partial charge >= 0.3 is 0 Å². The van der Waals surface area contributed by atoms with Crippen molar-refractivity contribution in [1.82, 2.24) is 14.8 Å². The maximum Gasteiger partial charge on any atom is 0.225 e. The van der Waals surface area contributed by atoms with Crippen LogP contribution in [0.2, 0.25) is 5.02 Å². The van der Waals surface area contributed by atoms with Crippen LogP contribution in [0.25, 0.3) is 28.4 Å². The molecule has 0 amide bonds. The molecular formula is C24H16ClN3OS. The molecule has 4 nitrogen and oxygen atoms in total. The van der Waals surface area contributed by atoms with E-state index in [0.29, 0.717) is 5.89 Å². The first-order valence-corrected chi connectivity index (χ1v) is 10.5. The SMILES string of the molecule is Clc1ccc(Sc2cn(-c3ccccc3)nc2-c2ccc(-c3ncco3)cc2)cc1. The van der Waals surface area contributed by atoms with Gasteiger partial charge in [-0.1, -0.05) is 53.7 Å². The monoisotopic (exact) mass is 429 g/mol. The van der Waals surface area contributed by atoms with Crippen molar-refractivity contribution in [3.8, 4) is 28.4 Å². The molecule has 0 N–H and O–H groups in total. The Balaban J connectivity index is 1.55. The van der Waals surface area contributed by atoms with Gasteiger partial charge in [0.25, 0.3) is 0 Å². The van der Waals surface area contributed by atoms with Crippen molar-refractivity contribution in [3.05, 3.63) is 103 Å². The third-order valence-electron chi connectivity index (χ3n) is 4.58. The molecular weight excluding hydrogens is 414 g/mol. The van der Waals surface area contributed by atoms with Crippen LogP contribution in [0.4, 0.5) is 0 Å². The number of hydrogen-bond acceptors (Lipinski definition) is 4. The minimum Gasteiger partial charge on any atom is -0.445 e. The lowest BCUT2D eigenvalue weighted by Crippen LogP contribution is -1.94. The summed E-state index contributed by atoms with van der Waals surface area (Å²) >= 11 is 7.71. The first-order valence-electron chi connectivity index (χ1n) is 9.35. The number of oxazole rings is 1. The van der Waals surface area contributed by atoms with Gasteiger partial charge in [0.1, 0.15) is 12.0 Å². The fourth-order valence-corrected chi connectivity index (χ4v) is 4.17. The van der Waals surface area contributed by atoms with Gasteiger partial charge in [-0.15, -0.1) is 0 Å². The van der Waals surface area contributed by atoms with E-state index < -0.39 is 0 Å². The van der Waals surface area contributed by atoms with Crippen molar-refractivity contribution in [2.75, 3.05) is 0 Å². The lowest BCUT2D eigenvalue weighted by atomic mass is 10.1. The largest absolute Gasteiger partial charge is 0.445 e. The first kappa shape index (κ1) is 18.7. The molecule has 0 bridgehead atoms. The molecule has 0 radical (unpaired) electrons. The van der Waals surface area contributed by atoms with Crippen LogP contribution in [0, 0.1) is 0 Å². The molecule has 5 aromatic rings. The van der Waals surface area contributed by atoms with Crippen LogP contribution in [0.1, 0.15) is 0 Å². The molecule has 0 saturated carbocycles. The Hall–Kier alpha value is -3.28. The molecule has 0 fully saturated rings. The van der Waals surface area contributed by atoms with E-state index in [1.54, 1.807) is 24.2 Å². The van der Waals surface area contributed by atoms with E-state index in [0.717, 1.165) is 37.3 Å². The summed E-state index contributed by atoms with van der Waals surface area (Å²) in [5, 5.41) is 5.61. The maximum absolute atomic E-state index is 6.04. The highest BCUT2D eigenvalue weighted by Crippen LogP contribution is 2.37. The molecule has 5 rings (SSSR count). The fraction of sp³-hybridized carbons (Fsp3) is 0. The van der Waals surface area contributed by atoms with E-state index in [9.17, 15) is 0 Å². The fourth-order valence-electron chi connectivity index (χ4n) is 3.11. The summed E-state index contributed by atoms with van der Waals surface area (Å²) < 4.78 is 7.31. The molecule has 0 aliphatic carbocycles. The molecule has 6 heteroatoms. The molecule has 3 aromatic carbocycles. The number of hydrogen-bond donors (Lipinski definition) is 0. The average molecular weight is 430 g/mol. The van der Waals surface area contributed by atoms with E-state index in [2.05, 4.69) is 11.2 Å². The molecule has 0 aliphatic heterocycles. The summed E-state index contributed by atoms with van der Waals surface area (Å²) in [6.45, 7) is 0. The molecule has 0 atom stereocenters. The highest BCUT2D eigenvalue weighted by atomic mass is 35.5. The third kappa shape index (κ3) is 3.90. The lowest BCUT2D eigenvalue weighted by Gasteiger charge is -2.04. The Morgan fingerprint density at radius 1 is 0.833 bits per heavy atom. The van der Waals surface area contributed by atoms with Crippen molar-refractivity contribution < 1.29 is 4.42 Å². The second kappa shape index (κ2) is 8.22. The summed E-state index contributed by atoms with van der Waals surface area (Å²) in [4.78, 5) is 6.37. The van der Waals surface area contributed by atoms with Crippen LogP contribution in [-0.4, -0.2) is 14.8 Å².